The minimum Gasteiger partial charge on any atom is -0.497 e. The number of nitrogens with two attached hydrogens (primary N) is 1. The van der Waals surface area contributed by atoms with E-state index in [1.54, 1.807) is 7.11 Å². The zero-order valence-electron chi connectivity index (χ0n) is 16.3. The number of ether oxygens (including phenoxy) is 2. The number of benzene rings is 2. The average molecular weight is 483 g/mol. The van der Waals surface area contributed by atoms with Crippen molar-refractivity contribution in [3.63, 3.8) is 0 Å². The molecule has 27 heavy (non-hydrogen) atoms. The normalized spacial score (nSPS) is 11.2. The monoisotopic (exact) mass is 483 g/mol. The first-order chi connectivity index (χ1) is 12.6. The Kier molecular flexibility index (Phi) is 10.8. The van der Waals surface area contributed by atoms with Crippen molar-refractivity contribution in [3.05, 3.63) is 59.7 Å². The van der Waals surface area contributed by atoms with E-state index in [1.807, 2.05) is 36.4 Å². The molecule has 2 aromatic rings. The van der Waals surface area contributed by atoms with Gasteiger partial charge in [-0.25, -0.2) is 0 Å². The van der Waals surface area contributed by atoms with Crippen LogP contribution in [0, 0.1) is 0 Å². The summed E-state index contributed by atoms with van der Waals surface area (Å²) < 4.78 is 10.8. The van der Waals surface area contributed by atoms with Crippen LogP contribution in [-0.4, -0.2) is 26.2 Å². The van der Waals surface area contributed by atoms with Crippen molar-refractivity contribution in [3.8, 4) is 5.75 Å². The molecule has 0 spiro atoms. The molecule has 0 aromatic heterocycles. The fourth-order valence-electron chi connectivity index (χ4n) is 2.44. The third-order valence-electron chi connectivity index (χ3n) is 3.98. The van der Waals surface area contributed by atoms with E-state index in [4.69, 9.17) is 15.2 Å². The SMILES string of the molecule is COc1ccc(COCCCN=C(N)Nc2cccc(C(C)C)c2)cc1.I. The first-order valence-electron chi connectivity index (χ1n) is 8.96. The molecule has 5 nitrogen and oxygen atoms in total. The van der Waals surface area contributed by atoms with Crippen LogP contribution in [0.4, 0.5) is 5.69 Å². The number of rotatable bonds is 9. The van der Waals surface area contributed by atoms with E-state index in [9.17, 15) is 0 Å². The fourth-order valence-corrected chi connectivity index (χ4v) is 2.44. The number of methoxy groups -OCH3 is 1. The van der Waals surface area contributed by atoms with Crippen molar-refractivity contribution in [1.29, 1.82) is 0 Å². The van der Waals surface area contributed by atoms with Gasteiger partial charge in [-0.15, -0.1) is 24.0 Å². The molecule has 0 saturated heterocycles. The predicted octanol–water partition coefficient (Wildman–Crippen LogP) is 4.77. The summed E-state index contributed by atoms with van der Waals surface area (Å²) in [4.78, 5) is 4.35. The molecule has 6 heteroatoms. The quantitative estimate of drug-likeness (QED) is 0.233. The van der Waals surface area contributed by atoms with Gasteiger partial charge in [0.2, 0.25) is 0 Å². The molecular formula is C21H30IN3O2. The molecular weight excluding hydrogens is 453 g/mol. The maximum atomic E-state index is 5.95. The second-order valence-corrected chi connectivity index (χ2v) is 6.43. The van der Waals surface area contributed by atoms with Crippen LogP contribution in [0.2, 0.25) is 0 Å². The second kappa shape index (κ2) is 12.6. The summed E-state index contributed by atoms with van der Waals surface area (Å²) in [5.74, 6) is 1.77. The molecule has 0 atom stereocenters. The van der Waals surface area contributed by atoms with Gasteiger partial charge in [0.15, 0.2) is 5.96 Å². The summed E-state index contributed by atoms with van der Waals surface area (Å²) in [7, 11) is 1.66. The van der Waals surface area contributed by atoms with Crippen LogP contribution in [0.15, 0.2) is 53.5 Å². The summed E-state index contributed by atoms with van der Waals surface area (Å²) in [6.07, 6.45) is 0.824. The van der Waals surface area contributed by atoms with Crippen molar-refractivity contribution in [1.82, 2.24) is 0 Å². The van der Waals surface area contributed by atoms with Gasteiger partial charge >= 0.3 is 0 Å². The van der Waals surface area contributed by atoms with Crippen molar-refractivity contribution in [2.45, 2.75) is 32.8 Å². The number of anilines is 1. The van der Waals surface area contributed by atoms with E-state index in [0.717, 1.165) is 23.4 Å². The molecule has 3 N–H and O–H groups in total. The standard InChI is InChI=1S/C21H29N3O2.HI/c1-16(2)18-6-4-7-19(14-18)24-21(22)23-12-5-13-26-15-17-8-10-20(25-3)11-9-17;/h4,6-11,14,16H,5,12-13,15H2,1-3H3,(H3,22,23,24);1H. The molecule has 0 saturated carbocycles. The van der Waals surface area contributed by atoms with Gasteiger partial charge in [-0.1, -0.05) is 38.1 Å². The molecule has 0 aliphatic heterocycles. The Balaban J connectivity index is 0.00000364. The fraction of sp³-hybridized carbons (Fsp3) is 0.381. The molecule has 0 unspecified atom stereocenters. The van der Waals surface area contributed by atoms with E-state index < -0.39 is 0 Å². The van der Waals surface area contributed by atoms with Gasteiger partial charge in [0.05, 0.1) is 13.7 Å². The van der Waals surface area contributed by atoms with Gasteiger partial charge in [0, 0.05) is 18.8 Å². The third kappa shape index (κ3) is 8.62. The highest BCUT2D eigenvalue weighted by atomic mass is 127. The van der Waals surface area contributed by atoms with Gasteiger partial charge in [-0.2, -0.15) is 0 Å². The number of nitrogens with zero attached hydrogens (tertiary/aromatic N) is 1. The molecule has 0 bridgehead atoms. The number of aliphatic imine (C=N–C) groups is 1. The van der Waals surface area contributed by atoms with Gasteiger partial charge in [0.25, 0.3) is 0 Å². The van der Waals surface area contributed by atoms with Gasteiger partial charge in [0.1, 0.15) is 5.75 Å². The molecule has 2 rings (SSSR count). The highest BCUT2D eigenvalue weighted by Gasteiger charge is 2.01. The number of nitrogens with one attached hydrogen (secondary N) is 1. The minimum atomic E-state index is 0. The lowest BCUT2D eigenvalue weighted by Gasteiger charge is -2.10. The van der Waals surface area contributed by atoms with Crippen LogP contribution in [0.5, 0.6) is 5.75 Å². The second-order valence-electron chi connectivity index (χ2n) is 6.43. The Morgan fingerprint density at radius 3 is 2.56 bits per heavy atom. The van der Waals surface area contributed by atoms with E-state index in [1.165, 1.54) is 5.56 Å². The summed E-state index contributed by atoms with van der Waals surface area (Å²) in [5, 5.41) is 3.14. The topological polar surface area (TPSA) is 68.9 Å². The van der Waals surface area contributed by atoms with E-state index in [-0.39, 0.29) is 24.0 Å². The van der Waals surface area contributed by atoms with E-state index >= 15 is 0 Å². The Bertz CT molecular complexity index is 703. The first-order valence-corrected chi connectivity index (χ1v) is 8.96. The van der Waals surface area contributed by atoms with Crippen LogP contribution in [-0.2, 0) is 11.3 Å². The first kappa shape index (κ1) is 23.2. The van der Waals surface area contributed by atoms with Crippen molar-refractivity contribution in [2.75, 3.05) is 25.6 Å². The number of halogens is 1. The molecule has 148 valence electrons. The van der Waals surface area contributed by atoms with Crippen LogP contribution in [0.1, 0.15) is 37.3 Å². The van der Waals surface area contributed by atoms with Gasteiger partial charge in [-0.05, 0) is 47.7 Å². The molecule has 0 fully saturated rings. The van der Waals surface area contributed by atoms with Crippen molar-refractivity contribution >= 4 is 35.6 Å². The largest absolute Gasteiger partial charge is 0.497 e. The maximum absolute atomic E-state index is 5.95. The molecule has 0 radical (unpaired) electrons. The lowest BCUT2D eigenvalue weighted by atomic mass is 10.0. The van der Waals surface area contributed by atoms with E-state index in [0.29, 0.717) is 31.6 Å². The highest BCUT2D eigenvalue weighted by Crippen LogP contribution is 2.18. The summed E-state index contributed by atoms with van der Waals surface area (Å²) in [5.41, 5.74) is 9.32. The third-order valence-corrected chi connectivity index (χ3v) is 3.98. The van der Waals surface area contributed by atoms with Crippen molar-refractivity contribution in [2.24, 2.45) is 10.7 Å². The zero-order chi connectivity index (χ0) is 18.8. The summed E-state index contributed by atoms with van der Waals surface area (Å²) in [6.45, 7) is 6.20. The molecule has 0 aliphatic carbocycles. The van der Waals surface area contributed by atoms with Crippen molar-refractivity contribution < 1.29 is 9.47 Å². The Hall–Kier alpha value is -1.80. The van der Waals surface area contributed by atoms with Crippen LogP contribution in [0.3, 0.4) is 0 Å². The number of hydrogen-bond donors (Lipinski definition) is 2. The Morgan fingerprint density at radius 1 is 1.15 bits per heavy atom. The number of guanidine groups is 1. The van der Waals surface area contributed by atoms with E-state index in [2.05, 4.69) is 36.3 Å². The summed E-state index contributed by atoms with van der Waals surface area (Å²) in [6, 6.07) is 16.1. The van der Waals surface area contributed by atoms with Gasteiger partial charge < -0.3 is 20.5 Å². The van der Waals surface area contributed by atoms with Crippen LogP contribution >= 0.6 is 24.0 Å². The minimum absolute atomic E-state index is 0. The molecule has 0 amide bonds. The lowest BCUT2D eigenvalue weighted by Crippen LogP contribution is -2.23. The van der Waals surface area contributed by atoms with Crippen LogP contribution < -0.4 is 15.8 Å². The smallest absolute Gasteiger partial charge is 0.193 e. The van der Waals surface area contributed by atoms with Crippen LogP contribution in [0.25, 0.3) is 0 Å². The molecule has 0 aliphatic rings. The lowest BCUT2D eigenvalue weighted by molar-refractivity contribution is 0.120. The Labute approximate surface area is 179 Å². The summed E-state index contributed by atoms with van der Waals surface area (Å²) >= 11 is 0. The average Bonchev–Trinajstić information content (AvgIpc) is 2.65. The highest BCUT2D eigenvalue weighted by molar-refractivity contribution is 14.0. The molecule has 2 aromatic carbocycles. The number of hydrogen-bond acceptors (Lipinski definition) is 3. The molecule has 0 heterocycles. The zero-order valence-corrected chi connectivity index (χ0v) is 18.6. The van der Waals surface area contributed by atoms with Gasteiger partial charge in [-0.3, -0.25) is 4.99 Å². The predicted molar refractivity (Wildman–Crippen MR) is 123 cm³/mol. The Morgan fingerprint density at radius 2 is 1.89 bits per heavy atom. The maximum Gasteiger partial charge on any atom is 0.193 e.